The second-order valence-electron chi connectivity index (χ2n) is 6.88. The zero-order valence-electron chi connectivity index (χ0n) is 15.9. The molecule has 4 nitrogen and oxygen atoms in total. The van der Waals surface area contributed by atoms with Crippen LogP contribution in [0.25, 0.3) is 22.1 Å². The first-order valence-corrected chi connectivity index (χ1v) is 9.11. The lowest BCUT2D eigenvalue weighted by molar-refractivity contribution is -0.645. The molecule has 0 atom stereocenters. The Labute approximate surface area is 194 Å². The molecular weight excluding hydrogens is 562 g/mol. The average Bonchev–Trinajstić information content (AvgIpc) is 3.13. The highest BCUT2D eigenvalue weighted by Crippen LogP contribution is 2.13. The number of hydrogen-bond donors (Lipinski definition) is 0. The van der Waals surface area contributed by atoms with Gasteiger partial charge in [0, 0.05) is 0 Å². The number of benzene rings is 2. The summed E-state index contributed by atoms with van der Waals surface area (Å²) < 4.78 is 9.17. The zero-order chi connectivity index (χ0) is 17.2. The number of aryl methyl sites for hydroxylation is 4. The lowest BCUT2D eigenvalue weighted by atomic mass is 10.2. The standard InChI is InChI=1S/C21H26N4.2HI/c1-22-16-24(20-12-6-4-10-18(20)22)14-8-3-9-15-25-17-23(2)19-11-5-7-13-21(19)25;;/h4-7,10-13,16-17H,3,8-9,14-15H2,1-2H3;2*1H/q+2;;/p-2. The number of aromatic nitrogens is 4. The monoisotopic (exact) mass is 588 g/mol. The van der Waals surface area contributed by atoms with E-state index < -0.39 is 0 Å². The van der Waals surface area contributed by atoms with Crippen LogP contribution in [0, 0.1) is 0 Å². The SMILES string of the molecule is C[n+]1cn(CCCCCn2c[n+](C)c3ccccc32)c2ccccc21.[I-].[I-]. The van der Waals surface area contributed by atoms with Crippen molar-refractivity contribution < 1.29 is 57.1 Å². The molecule has 27 heavy (non-hydrogen) atoms. The summed E-state index contributed by atoms with van der Waals surface area (Å²) in [5.74, 6) is 0. The number of para-hydroxylation sites is 4. The molecule has 0 N–H and O–H groups in total. The molecule has 2 aromatic carbocycles. The molecule has 4 rings (SSSR count). The molecule has 0 fully saturated rings. The van der Waals surface area contributed by atoms with E-state index in [1.807, 2.05) is 0 Å². The molecule has 0 unspecified atom stereocenters. The Morgan fingerprint density at radius 1 is 0.630 bits per heavy atom. The maximum absolute atomic E-state index is 2.38. The van der Waals surface area contributed by atoms with Crippen molar-refractivity contribution in [2.24, 2.45) is 14.1 Å². The summed E-state index contributed by atoms with van der Waals surface area (Å²) in [5.41, 5.74) is 5.25. The maximum atomic E-state index is 2.38. The zero-order valence-corrected chi connectivity index (χ0v) is 20.2. The van der Waals surface area contributed by atoms with Gasteiger partial charge >= 0.3 is 0 Å². The van der Waals surface area contributed by atoms with E-state index in [2.05, 4.69) is 93.5 Å². The molecule has 0 amide bonds. The molecule has 0 saturated heterocycles. The number of halogens is 2. The van der Waals surface area contributed by atoms with Crippen LogP contribution < -0.4 is 57.1 Å². The molecule has 0 aliphatic heterocycles. The Kier molecular flexibility index (Phi) is 8.08. The van der Waals surface area contributed by atoms with Gasteiger partial charge in [-0.2, -0.15) is 0 Å². The molecule has 0 radical (unpaired) electrons. The minimum Gasteiger partial charge on any atom is -1.00 e. The van der Waals surface area contributed by atoms with E-state index in [-0.39, 0.29) is 48.0 Å². The van der Waals surface area contributed by atoms with Crippen molar-refractivity contribution in [1.82, 2.24) is 9.13 Å². The van der Waals surface area contributed by atoms with Gasteiger partial charge in [-0.25, -0.2) is 18.3 Å². The predicted molar refractivity (Wildman–Crippen MR) is 100 cm³/mol. The Balaban J connectivity index is 0.00000131. The quantitative estimate of drug-likeness (QED) is 0.131. The van der Waals surface area contributed by atoms with E-state index in [1.165, 1.54) is 41.3 Å². The number of hydrogen-bond acceptors (Lipinski definition) is 0. The fourth-order valence-electron chi connectivity index (χ4n) is 3.77. The van der Waals surface area contributed by atoms with Crippen LogP contribution in [0.1, 0.15) is 19.3 Å². The molecule has 0 aliphatic carbocycles. The second kappa shape index (κ2) is 9.86. The van der Waals surface area contributed by atoms with Crippen LogP contribution in [-0.4, -0.2) is 9.13 Å². The highest BCUT2D eigenvalue weighted by Gasteiger charge is 2.13. The van der Waals surface area contributed by atoms with Crippen LogP contribution in [0.15, 0.2) is 61.2 Å². The third kappa shape index (κ3) is 4.64. The van der Waals surface area contributed by atoms with E-state index in [0.29, 0.717) is 0 Å². The van der Waals surface area contributed by atoms with Gasteiger partial charge in [0.25, 0.3) is 0 Å². The molecule has 0 saturated carbocycles. The van der Waals surface area contributed by atoms with Crippen LogP contribution in [0.5, 0.6) is 0 Å². The normalized spacial score (nSPS) is 10.7. The highest BCUT2D eigenvalue weighted by molar-refractivity contribution is 5.72. The summed E-state index contributed by atoms with van der Waals surface area (Å²) in [5, 5.41) is 0. The van der Waals surface area contributed by atoms with E-state index in [9.17, 15) is 0 Å². The third-order valence-electron chi connectivity index (χ3n) is 5.07. The van der Waals surface area contributed by atoms with Crippen molar-refractivity contribution in [1.29, 1.82) is 0 Å². The van der Waals surface area contributed by atoms with Crippen LogP contribution in [0.4, 0.5) is 0 Å². The van der Waals surface area contributed by atoms with Gasteiger partial charge in [0.1, 0.15) is 0 Å². The number of imidazole rings is 2. The fraction of sp³-hybridized carbons (Fsp3) is 0.333. The van der Waals surface area contributed by atoms with Gasteiger partial charge in [-0.3, -0.25) is 0 Å². The topological polar surface area (TPSA) is 17.6 Å². The largest absolute Gasteiger partial charge is 1.00 e. The summed E-state index contributed by atoms with van der Waals surface area (Å²) in [4.78, 5) is 0. The first-order valence-electron chi connectivity index (χ1n) is 9.11. The first-order chi connectivity index (χ1) is 12.2. The van der Waals surface area contributed by atoms with E-state index in [4.69, 9.17) is 0 Å². The number of unbranched alkanes of at least 4 members (excludes halogenated alkanes) is 2. The Morgan fingerprint density at radius 3 is 1.48 bits per heavy atom. The fourth-order valence-corrected chi connectivity index (χ4v) is 3.77. The van der Waals surface area contributed by atoms with Gasteiger partial charge in [-0.15, -0.1) is 0 Å². The van der Waals surface area contributed by atoms with Crippen LogP contribution in [0.2, 0.25) is 0 Å². The van der Waals surface area contributed by atoms with Crippen molar-refractivity contribution in [3.05, 3.63) is 61.2 Å². The van der Waals surface area contributed by atoms with E-state index in [1.54, 1.807) is 0 Å². The lowest BCUT2D eigenvalue weighted by Crippen LogP contribution is -3.00. The van der Waals surface area contributed by atoms with Gasteiger partial charge in [-0.1, -0.05) is 24.3 Å². The predicted octanol–water partition coefficient (Wildman–Crippen LogP) is -2.88. The number of fused-ring (bicyclic) bond motifs is 2. The minimum atomic E-state index is 0. The molecule has 4 aromatic rings. The van der Waals surface area contributed by atoms with Gasteiger partial charge in [0.05, 0.1) is 27.2 Å². The van der Waals surface area contributed by atoms with Gasteiger partial charge < -0.3 is 48.0 Å². The van der Waals surface area contributed by atoms with Crippen molar-refractivity contribution >= 4 is 22.1 Å². The van der Waals surface area contributed by atoms with Gasteiger partial charge in [-0.05, 0) is 43.5 Å². The van der Waals surface area contributed by atoms with Crippen molar-refractivity contribution in [3.63, 3.8) is 0 Å². The van der Waals surface area contributed by atoms with Crippen molar-refractivity contribution in [2.45, 2.75) is 32.4 Å². The molecule has 144 valence electrons. The van der Waals surface area contributed by atoms with E-state index >= 15 is 0 Å². The summed E-state index contributed by atoms with van der Waals surface area (Å²) >= 11 is 0. The van der Waals surface area contributed by atoms with Crippen LogP contribution >= 0.6 is 0 Å². The molecule has 0 aliphatic rings. The number of rotatable bonds is 6. The van der Waals surface area contributed by atoms with Gasteiger partial charge in [0.15, 0.2) is 22.1 Å². The molecular formula is C21H26I2N4. The molecule has 2 heterocycles. The summed E-state index contributed by atoms with van der Waals surface area (Å²) in [6, 6.07) is 17.2. The van der Waals surface area contributed by atoms with Crippen molar-refractivity contribution in [2.75, 3.05) is 0 Å². The van der Waals surface area contributed by atoms with Crippen LogP contribution in [0.3, 0.4) is 0 Å². The molecule has 0 spiro atoms. The summed E-state index contributed by atoms with van der Waals surface area (Å²) in [7, 11) is 4.24. The molecule has 6 heteroatoms. The van der Waals surface area contributed by atoms with Crippen molar-refractivity contribution in [3.8, 4) is 0 Å². The Morgan fingerprint density at radius 2 is 1.04 bits per heavy atom. The van der Waals surface area contributed by atoms with Gasteiger partial charge in [0.2, 0.25) is 12.7 Å². The number of nitrogens with zero attached hydrogens (tertiary/aromatic N) is 4. The van der Waals surface area contributed by atoms with E-state index in [0.717, 1.165) is 13.1 Å². The summed E-state index contributed by atoms with van der Waals surface area (Å²) in [6.07, 6.45) is 8.09. The smallest absolute Gasteiger partial charge is 0.244 e. The maximum Gasteiger partial charge on any atom is 0.244 e. The second-order valence-corrected chi connectivity index (χ2v) is 6.88. The third-order valence-corrected chi connectivity index (χ3v) is 5.07. The molecule has 2 aromatic heterocycles. The molecule has 0 bridgehead atoms. The Hall–Kier alpha value is -1.16. The van der Waals surface area contributed by atoms with Crippen LogP contribution in [-0.2, 0) is 27.2 Å². The minimum absolute atomic E-state index is 0. The summed E-state index contributed by atoms with van der Waals surface area (Å²) in [6.45, 7) is 2.17. The Bertz CT molecular complexity index is 938. The average molecular weight is 588 g/mol. The lowest BCUT2D eigenvalue weighted by Gasteiger charge is -2.00. The first kappa shape index (κ1) is 22.1. The highest BCUT2D eigenvalue weighted by atomic mass is 127.